The van der Waals surface area contributed by atoms with Gasteiger partial charge in [0.1, 0.15) is 0 Å². The van der Waals surface area contributed by atoms with Gasteiger partial charge < -0.3 is 19.1 Å². The Kier molecular flexibility index (Phi) is 5.08. The minimum atomic E-state index is -0.272. The molecule has 3 rings (SSSR count). The van der Waals surface area contributed by atoms with E-state index in [2.05, 4.69) is 0 Å². The standard InChI is InChI=1S/C17H23NO4/c1-20-12-13-5-4-6-14(11-13)16(19)18-8-3-2-7-15(18)17-21-9-10-22-17/h4-6,11,15,17H,2-3,7-10,12H2,1H3/t15-/m1/s1. The van der Waals surface area contributed by atoms with E-state index in [1.165, 1.54) is 0 Å². The van der Waals surface area contributed by atoms with Crippen molar-refractivity contribution in [3.63, 3.8) is 0 Å². The van der Waals surface area contributed by atoms with E-state index in [0.717, 1.165) is 31.4 Å². The molecule has 0 radical (unpaired) electrons. The third-order valence-corrected chi connectivity index (χ3v) is 4.26. The van der Waals surface area contributed by atoms with Gasteiger partial charge in [-0.25, -0.2) is 0 Å². The summed E-state index contributed by atoms with van der Waals surface area (Å²) < 4.78 is 16.4. The molecule has 120 valence electrons. The van der Waals surface area contributed by atoms with E-state index >= 15 is 0 Å². The molecule has 0 saturated carbocycles. The number of ether oxygens (including phenoxy) is 3. The highest BCUT2D eigenvalue weighted by Crippen LogP contribution is 2.26. The van der Waals surface area contributed by atoms with E-state index in [4.69, 9.17) is 14.2 Å². The normalized spacial score (nSPS) is 23.0. The van der Waals surface area contributed by atoms with Crippen LogP contribution in [-0.4, -0.2) is 50.0 Å². The molecule has 5 nitrogen and oxygen atoms in total. The first kappa shape index (κ1) is 15.5. The fourth-order valence-electron chi connectivity index (χ4n) is 3.22. The summed E-state index contributed by atoms with van der Waals surface area (Å²) in [4.78, 5) is 14.8. The third-order valence-electron chi connectivity index (χ3n) is 4.26. The minimum Gasteiger partial charge on any atom is -0.380 e. The van der Waals surface area contributed by atoms with Gasteiger partial charge in [0.25, 0.3) is 5.91 Å². The summed E-state index contributed by atoms with van der Waals surface area (Å²) in [7, 11) is 1.66. The monoisotopic (exact) mass is 305 g/mol. The molecule has 2 aliphatic heterocycles. The van der Waals surface area contributed by atoms with Crippen molar-refractivity contribution in [2.24, 2.45) is 0 Å². The molecule has 2 saturated heterocycles. The largest absolute Gasteiger partial charge is 0.380 e. The second-order valence-corrected chi connectivity index (χ2v) is 5.81. The second kappa shape index (κ2) is 7.22. The Morgan fingerprint density at radius 3 is 2.91 bits per heavy atom. The lowest BCUT2D eigenvalue weighted by atomic mass is 9.99. The van der Waals surface area contributed by atoms with Gasteiger partial charge in [0.05, 0.1) is 25.9 Å². The number of carbonyl (C=O) groups excluding carboxylic acids is 1. The maximum atomic E-state index is 12.9. The predicted octanol–water partition coefficient (Wildman–Crippen LogP) is 2.20. The van der Waals surface area contributed by atoms with Crippen LogP contribution in [0.1, 0.15) is 35.2 Å². The van der Waals surface area contributed by atoms with Crippen LogP contribution >= 0.6 is 0 Å². The van der Waals surface area contributed by atoms with Gasteiger partial charge in [-0.1, -0.05) is 12.1 Å². The zero-order valence-corrected chi connectivity index (χ0v) is 13.0. The van der Waals surface area contributed by atoms with Crippen LogP contribution < -0.4 is 0 Å². The molecule has 0 aliphatic carbocycles. The maximum Gasteiger partial charge on any atom is 0.254 e. The van der Waals surface area contributed by atoms with Crippen LogP contribution in [-0.2, 0) is 20.8 Å². The van der Waals surface area contributed by atoms with Crippen LogP contribution in [0.2, 0.25) is 0 Å². The second-order valence-electron chi connectivity index (χ2n) is 5.81. The molecule has 1 atom stereocenters. The zero-order chi connectivity index (χ0) is 15.4. The first-order chi connectivity index (χ1) is 10.8. The van der Waals surface area contributed by atoms with E-state index in [1.807, 2.05) is 29.2 Å². The highest BCUT2D eigenvalue weighted by molar-refractivity contribution is 5.94. The SMILES string of the molecule is COCc1cccc(C(=O)N2CCCC[C@@H]2C2OCCO2)c1. The molecular weight excluding hydrogens is 282 g/mol. The summed E-state index contributed by atoms with van der Waals surface area (Å²) in [6, 6.07) is 7.67. The topological polar surface area (TPSA) is 48.0 Å². The third kappa shape index (κ3) is 3.32. The summed E-state index contributed by atoms with van der Waals surface area (Å²) in [5.41, 5.74) is 1.72. The van der Waals surface area contributed by atoms with Gasteiger partial charge in [0, 0.05) is 19.2 Å². The number of methoxy groups -OCH3 is 1. The Bertz CT molecular complexity index is 513. The molecule has 22 heavy (non-hydrogen) atoms. The molecule has 2 aliphatic rings. The molecule has 0 unspecified atom stereocenters. The van der Waals surface area contributed by atoms with Crippen LogP contribution in [0.15, 0.2) is 24.3 Å². The Balaban J connectivity index is 1.77. The van der Waals surface area contributed by atoms with Crippen molar-refractivity contribution in [3.05, 3.63) is 35.4 Å². The smallest absolute Gasteiger partial charge is 0.254 e. The highest BCUT2D eigenvalue weighted by Gasteiger charge is 2.36. The maximum absolute atomic E-state index is 12.9. The fourth-order valence-corrected chi connectivity index (χ4v) is 3.22. The van der Waals surface area contributed by atoms with E-state index < -0.39 is 0 Å². The van der Waals surface area contributed by atoms with Crippen LogP contribution in [0, 0.1) is 0 Å². The van der Waals surface area contributed by atoms with Crippen molar-refractivity contribution in [2.45, 2.75) is 38.2 Å². The lowest BCUT2D eigenvalue weighted by molar-refractivity contribution is -0.100. The average molecular weight is 305 g/mol. The number of hydrogen-bond acceptors (Lipinski definition) is 4. The van der Waals surface area contributed by atoms with Gasteiger partial charge in [-0.2, -0.15) is 0 Å². The Labute approximate surface area is 131 Å². The van der Waals surface area contributed by atoms with Crippen molar-refractivity contribution in [1.29, 1.82) is 0 Å². The van der Waals surface area contributed by atoms with Crippen LogP contribution in [0.4, 0.5) is 0 Å². The molecule has 0 spiro atoms. The molecular formula is C17H23NO4. The van der Waals surface area contributed by atoms with Crippen molar-refractivity contribution < 1.29 is 19.0 Å². The summed E-state index contributed by atoms with van der Waals surface area (Å²) in [6.45, 7) is 2.51. The van der Waals surface area contributed by atoms with E-state index in [-0.39, 0.29) is 18.2 Å². The number of hydrogen-bond donors (Lipinski definition) is 0. The molecule has 0 aromatic heterocycles. The zero-order valence-electron chi connectivity index (χ0n) is 13.0. The van der Waals surface area contributed by atoms with Gasteiger partial charge in [-0.15, -0.1) is 0 Å². The summed E-state index contributed by atoms with van der Waals surface area (Å²) in [6.07, 6.45) is 2.81. The average Bonchev–Trinajstić information content (AvgIpc) is 3.09. The van der Waals surface area contributed by atoms with Gasteiger partial charge in [0.2, 0.25) is 0 Å². The molecule has 5 heteroatoms. The summed E-state index contributed by atoms with van der Waals surface area (Å²) in [5.74, 6) is 0.0572. The van der Waals surface area contributed by atoms with Gasteiger partial charge in [-0.05, 0) is 37.0 Å². The van der Waals surface area contributed by atoms with Gasteiger partial charge in [-0.3, -0.25) is 4.79 Å². The Morgan fingerprint density at radius 2 is 2.14 bits per heavy atom. The molecule has 0 bridgehead atoms. The highest BCUT2D eigenvalue weighted by atomic mass is 16.7. The lowest BCUT2D eigenvalue weighted by Gasteiger charge is -2.38. The van der Waals surface area contributed by atoms with Gasteiger partial charge >= 0.3 is 0 Å². The van der Waals surface area contributed by atoms with Crippen LogP contribution in [0.3, 0.4) is 0 Å². The summed E-state index contributed by atoms with van der Waals surface area (Å²) >= 11 is 0. The number of benzene rings is 1. The molecule has 0 N–H and O–H groups in total. The van der Waals surface area contributed by atoms with E-state index in [1.54, 1.807) is 7.11 Å². The molecule has 1 aromatic rings. The summed E-state index contributed by atoms with van der Waals surface area (Å²) in [5, 5.41) is 0. The molecule has 1 aromatic carbocycles. The number of rotatable bonds is 4. The van der Waals surface area contributed by atoms with E-state index in [9.17, 15) is 4.79 Å². The van der Waals surface area contributed by atoms with Crippen LogP contribution in [0.5, 0.6) is 0 Å². The van der Waals surface area contributed by atoms with Crippen molar-refractivity contribution in [3.8, 4) is 0 Å². The van der Waals surface area contributed by atoms with Gasteiger partial charge in [0.15, 0.2) is 6.29 Å². The number of nitrogens with zero attached hydrogens (tertiary/aromatic N) is 1. The van der Waals surface area contributed by atoms with Crippen molar-refractivity contribution >= 4 is 5.91 Å². The Hall–Kier alpha value is -1.43. The quantitative estimate of drug-likeness (QED) is 0.855. The number of likely N-dealkylation sites (tertiary alicyclic amines) is 1. The minimum absolute atomic E-state index is 0.0230. The van der Waals surface area contributed by atoms with E-state index in [0.29, 0.717) is 25.4 Å². The molecule has 1 amide bonds. The number of amides is 1. The number of piperidine rings is 1. The molecule has 2 fully saturated rings. The fraction of sp³-hybridized carbons (Fsp3) is 0.588. The first-order valence-electron chi connectivity index (χ1n) is 7.91. The molecule has 2 heterocycles. The predicted molar refractivity (Wildman–Crippen MR) is 81.5 cm³/mol. The van der Waals surface area contributed by atoms with Crippen LogP contribution in [0.25, 0.3) is 0 Å². The number of carbonyl (C=O) groups is 1. The van der Waals surface area contributed by atoms with Crippen molar-refractivity contribution in [1.82, 2.24) is 4.90 Å². The lowest BCUT2D eigenvalue weighted by Crippen LogP contribution is -2.50. The first-order valence-corrected chi connectivity index (χ1v) is 7.91. The van der Waals surface area contributed by atoms with Crippen molar-refractivity contribution in [2.75, 3.05) is 26.9 Å². The Morgan fingerprint density at radius 1 is 1.32 bits per heavy atom.